The molecule has 0 radical (unpaired) electrons. The van der Waals surface area contributed by atoms with E-state index in [2.05, 4.69) is 38.2 Å². The van der Waals surface area contributed by atoms with Crippen LogP contribution in [0.4, 0.5) is 0 Å². The van der Waals surface area contributed by atoms with Crippen molar-refractivity contribution in [1.29, 1.82) is 0 Å². The average Bonchev–Trinajstić information content (AvgIpc) is 2.44. The Morgan fingerprint density at radius 2 is 1.69 bits per heavy atom. The van der Waals surface area contributed by atoms with Crippen molar-refractivity contribution < 1.29 is 0 Å². The summed E-state index contributed by atoms with van der Waals surface area (Å²) in [5.74, 6) is 0. The van der Waals surface area contributed by atoms with E-state index in [1.165, 1.54) is 51.6 Å². The third-order valence-corrected chi connectivity index (χ3v) is 4.18. The van der Waals surface area contributed by atoms with Crippen LogP contribution in [0.25, 0.3) is 0 Å². The first kappa shape index (κ1) is 14.0. The Morgan fingerprint density at radius 3 is 2.12 bits per heavy atom. The van der Waals surface area contributed by atoms with Crippen molar-refractivity contribution in [3.05, 3.63) is 0 Å². The second-order valence-electron chi connectivity index (χ2n) is 5.95. The van der Waals surface area contributed by atoms with Crippen molar-refractivity contribution in [3.8, 4) is 0 Å². The van der Waals surface area contributed by atoms with Gasteiger partial charge in [0.2, 0.25) is 0 Å². The fourth-order valence-electron chi connectivity index (χ4n) is 2.96. The van der Waals surface area contributed by atoms with Gasteiger partial charge < -0.3 is 10.2 Å². The molecule has 0 amide bonds. The van der Waals surface area contributed by atoms with Crippen molar-refractivity contribution in [2.45, 2.75) is 58.4 Å². The average molecular weight is 226 g/mol. The molecule has 0 atom stereocenters. The number of hydrogen-bond acceptors (Lipinski definition) is 2. The SMILES string of the molecule is CNCC1(CN(C)C(C)C)CCCCCC1. The van der Waals surface area contributed by atoms with E-state index in [1.807, 2.05) is 0 Å². The molecule has 0 heterocycles. The highest BCUT2D eigenvalue weighted by Gasteiger charge is 2.31. The normalized spacial score (nSPS) is 21.4. The predicted octanol–water partition coefficient (Wildman–Crippen LogP) is 2.89. The van der Waals surface area contributed by atoms with Gasteiger partial charge in [0.15, 0.2) is 0 Å². The van der Waals surface area contributed by atoms with Crippen molar-refractivity contribution in [3.63, 3.8) is 0 Å². The van der Waals surface area contributed by atoms with Crippen molar-refractivity contribution in [2.24, 2.45) is 5.41 Å². The first-order chi connectivity index (χ1) is 7.59. The molecule has 1 rings (SSSR count). The molecule has 0 bridgehead atoms. The fourth-order valence-corrected chi connectivity index (χ4v) is 2.96. The van der Waals surface area contributed by atoms with E-state index >= 15 is 0 Å². The highest BCUT2D eigenvalue weighted by Crippen LogP contribution is 2.35. The van der Waals surface area contributed by atoms with Crippen molar-refractivity contribution in [1.82, 2.24) is 10.2 Å². The summed E-state index contributed by atoms with van der Waals surface area (Å²) >= 11 is 0. The molecule has 0 aliphatic heterocycles. The van der Waals surface area contributed by atoms with E-state index in [9.17, 15) is 0 Å². The molecule has 96 valence electrons. The van der Waals surface area contributed by atoms with Crippen LogP contribution in [-0.4, -0.2) is 38.1 Å². The number of hydrogen-bond donors (Lipinski definition) is 1. The van der Waals surface area contributed by atoms with Gasteiger partial charge in [-0.15, -0.1) is 0 Å². The quantitative estimate of drug-likeness (QED) is 0.725. The lowest BCUT2D eigenvalue weighted by Gasteiger charge is -2.38. The summed E-state index contributed by atoms with van der Waals surface area (Å²) in [6, 6.07) is 0.664. The van der Waals surface area contributed by atoms with Crippen LogP contribution >= 0.6 is 0 Å². The molecule has 1 saturated carbocycles. The molecule has 1 N–H and O–H groups in total. The van der Waals surface area contributed by atoms with Gasteiger partial charge in [-0.25, -0.2) is 0 Å². The van der Waals surface area contributed by atoms with E-state index < -0.39 is 0 Å². The molecule has 0 saturated heterocycles. The highest BCUT2D eigenvalue weighted by atomic mass is 15.1. The van der Waals surface area contributed by atoms with Gasteiger partial charge in [0.25, 0.3) is 0 Å². The van der Waals surface area contributed by atoms with Gasteiger partial charge in [0, 0.05) is 19.1 Å². The van der Waals surface area contributed by atoms with Gasteiger partial charge in [-0.05, 0) is 46.2 Å². The smallest absolute Gasteiger partial charge is 0.00498 e. The lowest BCUT2D eigenvalue weighted by atomic mass is 9.79. The Kier molecular flexibility index (Phi) is 5.77. The molecule has 0 aromatic carbocycles. The molecule has 1 fully saturated rings. The van der Waals surface area contributed by atoms with E-state index in [-0.39, 0.29) is 0 Å². The summed E-state index contributed by atoms with van der Waals surface area (Å²) in [6.45, 7) is 7.03. The summed E-state index contributed by atoms with van der Waals surface area (Å²) in [5.41, 5.74) is 0.532. The van der Waals surface area contributed by atoms with Crippen molar-refractivity contribution in [2.75, 3.05) is 27.2 Å². The van der Waals surface area contributed by atoms with Gasteiger partial charge in [0.05, 0.1) is 0 Å². The van der Waals surface area contributed by atoms with Gasteiger partial charge in [-0.3, -0.25) is 0 Å². The van der Waals surface area contributed by atoms with E-state index in [0.29, 0.717) is 11.5 Å². The molecule has 0 aromatic rings. The molecule has 0 spiro atoms. The monoisotopic (exact) mass is 226 g/mol. The molecular weight excluding hydrogens is 196 g/mol. The molecule has 0 unspecified atom stereocenters. The van der Waals surface area contributed by atoms with Gasteiger partial charge >= 0.3 is 0 Å². The zero-order valence-corrected chi connectivity index (χ0v) is 11.7. The van der Waals surface area contributed by atoms with Crippen LogP contribution < -0.4 is 5.32 Å². The van der Waals surface area contributed by atoms with Gasteiger partial charge in [-0.1, -0.05) is 25.7 Å². The van der Waals surface area contributed by atoms with Crippen LogP contribution in [0.15, 0.2) is 0 Å². The fraction of sp³-hybridized carbons (Fsp3) is 1.00. The lowest BCUT2D eigenvalue weighted by Crippen LogP contribution is -2.44. The van der Waals surface area contributed by atoms with E-state index in [0.717, 1.165) is 0 Å². The van der Waals surface area contributed by atoms with E-state index in [4.69, 9.17) is 0 Å². The molecule has 16 heavy (non-hydrogen) atoms. The van der Waals surface area contributed by atoms with Crippen LogP contribution in [0.1, 0.15) is 52.4 Å². The molecule has 2 heteroatoms. The molecule has 1 aliphatic carbocycles. The van der Waals surface area contributed by atoms with Crippen LogP contribution in [0, 0.1) is 5.41 Å². The maximum absolute atomic E-state index is 3.42. The molecule has 2 nitrogen and oxygen atoms in total. The second-order valence-corrected chi connectivity index (χ2v) is 5.95. The first-order valence-corrected chi connectivity index (χ1v) is 6.94. The number of nitrogens with one attached hydrogen (secondary N) is 1. The second kappa shape index (κ2) is 6.61. The Balaban J connectivity index is 2.62. The Morgan fingerprint density at radius 1 is 1.12 bits per heavy atom. The Bertz CT molecular complexity index is 181. The summed E-state index contributed by atoms with van der Waals surface area (Å²) in [6.07, 6.45) is 8.55. The topological polar surface area (TPSA) is 15.3 Å². The standard InChI is InChI=1S/C14H30N2/c1-13(2)16(4)12-14(11-15-3)9-7-5-6-8-10-14/h13,15H,5-12H2,1-4H3. The minimum Gasteiger partial charge on any atom is -0.319 e. The third kappa shape index (κ3) is 4.06. The zero-order chi connectivity index (χ0) is 12.0. The maximum Gasteiger partial charge on any atom is 0.00498 e. The maximum atomic E-state index is 3.42. The largest absolute Gasteiger partial charge is 0.319 e. The molecule has 0 aromatic heterocycles. The van der Waals surface area contributed by atoms with Gasteiger partial charge in [-0.2, -0.15) is 0 Å². The van der Waals surface area contributed by atoms with Crippen LogP contribution in [0.2, 0.25) is 0 Å². The first-order valence-electron chi connectivity index (χ1n) is 6.94. The minimum atomic E-state index is 0.532. The Labute approximate surface area is 102 Å². The van der Waals surface area contributed by atoms with Crippen molar-refractivity contribution >= 4 is 0 Å². The number of nitrogens with zero attached hydrogens (tertiary/aromatic N) is 1. The van der Waals surface area contributed by atoms with Crippen LogP contribution in [-0.2, 0) is 0 Å². The zero-order valence-electron chi connectivity index (χ0n) is 11.7. The van der Waals surface area contributed by atoms with E-state index in [1.54, 1.807) is 0 Å². The summed E-state index contributed by atoms with van der Waals surface area (Å²) in [5, 5.41) is 3.42. The highest BCUT2D eigenvalue weighted by molar-refractivity contribution is 4.86. The lowest BCUT2D eigenvalue weighted by molar-refractivity contribution is 0.128. The third-order valence-electron chi connectivity index (χ3n) is 4.18. The minimum absolute atomic E-state index is 0.532. The summed E-state index contributed by atoms with van der Waals surface area (Å²) < 4.78 is 0. The van der Waals surface area contributed by atoms with Crippen LogP contribution in [0.3, 0.4) is 0 Å². The molecular formula is C14H30N2. The van der Waals surface area contributed by atoms with Gasteiger partial charge in [0.1, 0.15) is 0 Å². The van der Waals surface area contributed by atoms with Crippen LogP contribution in [0.5, 0.6) is 0 Å². The predicted molar refractivity (Wildman–Crippen MR) is 71.8 cm³/mol. The molecule has 1 aliphatic rings. The Hall–Kier alpha value is -0.0800. The number of rotatable bonds is 5. The summed E-state index contributed by atoms with van der Waals surface area (Å²) in [7, 11) is 4.37. The summed E-state index contributed by atoms with van der Waals surface area (Å²) in [4.78, 5) is 2.52.